The minimum absolute atomic E-state index is 0.157. The van der Waals surface area contributed by atoms with Crippen LogP contribution < -0.4 is 0 Å². The largest absolute Gasteiger partial charge is 0.744 e. The molecule has 3 aromatic rings. The molecule has 3 rings (SSSR count). The molecule has 0 saturated heterocycles. The molecule has 0 atom stereocenters. The monoisotopic (exact) mass is 318 g/mol. The second kappa shape index (κ2) is 6.76. The Morgan fingerprint density at radius 2 is 1.33 bits per heavy atom. The van der Waals surface area contributed by atoms with Crippen LogP contribution >= 0.6 is 0 Å². The molecule has 0 saturated carbocycles. The van der Waals surface area contributed by atoms with E-state index in [0.717, 1.165) is 10.3 Å². The zero-order chi connectivity index (χ0) is 15.3. The van der Waals surface area contributed by atoms with Crippen LogP contribution in [0.3, 0.4) is 0 Å². The molecule has 0 aliphatic rings. The van der Waals surface area contributed by atoms with Crippen LogP contribution in [0.5, 0.6) is 0 Å². The molecule has 108 valence electrons. The van der Waals surface area contributed by atoms with Crippen molar-refractivity contribution in [3.63, 3.8) is 0 Å². The van der Waals surface area contributed by atoms with E-state index >= 15 is 0 Å². The van der Waals surface area contributed by atoms with Crippen LogP contribution in [0.2, 0.25) is 0 Å². The first-order valence-corrected chi connectivity index (χ1v) is 8.09. The maximum Gasteiger partial charge on any atom is 0.150 e. The zero-order valence-corrected chi connectivity index (χ0v) is 12.9. The van der Waals surface area contributed by atoms with Gasteiger partial charge in [0.25, 0.3) is 0 Å². The summed E-state index contributed by atoms with van der Waals surface area (Å²) in [7, 11) is -4.38. The molecule has 5 heteroatoms. The molecule has 21 heavy (non-hydrogen) atoms. The van der Waals surface area contributed by atoms with E-state index in [9.17, 15) is 13.0 Å². The van der Waals surface area contributed by atoms with Crippen molar-refractivity contribution in [2.45, 2.75) is 9.79 Å². The Balaban J connectivity index is 0.000000194. The predicted octanol–water partition coefficient (Wildman–Crippen LogP) is 2.80. The molecular weight excluding hydrogens is 304 g/mol. The number of hydrogen-bond acceptors (Lipinski definition) is 3. The van der Waals surface area contributed by atoms with Gasteiger partial charge in [-0.15, -0.1) is 0 Å². The van der Waals surface area contributed by atoms with Crippen LogP contribution in [-0.4, -0.2) is 13.0 Å². The van der Waals surface area contributed by atoms with Crippen LogP contribution in [-0.2, 0) is 22.7 Å². The smallest absolute Gasteiger partial charge is 0.150 e. The summed E-state index contributed by atoms with van der Waals surface area (Å²) in [4.78, 5) is 0.970. The number of rotatable bonds is 1. The highest BCUT2D eigenvalue weighted by molar-refractivity contribution is 7.86. The standard InChI is InChI=1S/C10H8O3S.C6H6S/c11-14(12,13)10-7-3-5-8-4-1-2-6-9(8)10;7-6-4-2-1-3-5-6/h1-7H,(H,11,12,13);1-5,7H. The average Bonchev–Trinajstić information content (AvgIpc) is 2.47. The number of benzene rings is 3. The Morgan fingerprint density at radius 1 is 0.762 bits per heavy atom. The summed E-state index contributed by atoms with van der Waals surface area (Å²) in [6.07, 6.45) is 0. The minimum atomic E-state index is -4.38. The third-order valence-corrected chi connectivity index (χ3v) is 4.02. The van der Waals surface area contributed by atoms with E-state index in [1.165, 1.54) is 6.07 Å². The summed E-state index contributed by atoms with van der Waals surface area (Å²) >= 11 is 3.36. The molecule has 0 aliphatic carbocycles. The molecule has 0 amide bonds. The summed E-state index contributed by atoms with van der Waals surface area (Å²) in [5, 5.41) is 1.23. The van der Waals surface area contributed by atoms with E-state index < -0.39 is 10.1 Å². The van der Waals surface area contributed by atoms with Crippen molar-refractivity contribution in [2.75, 3.05) is 0 Å². The third kappa shape index (κ3) is 4.32. The van der Waals surface area contributed by atoms with Gasteiger partial charge in [-0.3, -0.25) is 0 Å². The molecule has 0 spiro atoms. The maximum atomic E-state index is 10.9. The van der Waals surface area contributed by atoms with Crippen molar-refractivity contribution in [1.82, 2.24) is 0 Å². The molecule has 0 aliphatic heterocycles. The summed E-state index contributed by atoms with van der Waals surface area (Å²) < 4.78 is 32.7. The Bertz CT molecular complexity index is 823. The van der Waals surface area contributed by atoms with E-state index in [1.807, 2.05) is 30.3 Å². The van der Waals surface area contributed by atoms with E-state index in [0.29, 0.717) is 5.39 Å². The number of fused-ring (bicyclic) bond motifs is 1. The van der Waals surface area contributed by atoms with Gasteiger partial charge in [-0.25, -0.2) is 8.42 Å². The molecule has 0 radical (unpaired) electrons. The number of hydrogen-bond donors (Lipinski definition) is 0. The topological polar surface area (TPSA) is 57.2 Å². The van der Waals surface area contributed by atoms with Crippen LogP contribution in [0, 0.1) is 0 Å². The van der Waals surface area contributed by atoms with Gasteiger partial charge in [0.2, 0.25) is 0 Å². The minimum Gasteiger partial charge on any atom is -0.744 e. The fourth-order valence-corrected chi connectivity index (χ4v) is 2.74. The first-order chi connectivity index (χ1) is 9.98. The predicted molar refractivity (Wildman–Crippen MR) is 86.8 cm³/mol. The molecule has 0 N–H and O–H groups in total. The summed E-state index contributed by atoms with van der Waals surface area (Å²) in [5.74, 6) is 0. The van der Waals surface area contributed by atoms with Crippen molar-refractivity contribution in [3.8, 4) is 0 Å². The SMILES string of the molecule is O=S(=O)([O-])c1cccc2ccccc12.[SH2+]c1ccccc1. The summed E-state index contributed by atoms with van der Waals surface area (Å²) in [5.41, 5.74) is 0. The lowest BCUT2D eigenvalue weighted by atomic mass is 10.1. The maximum absolute atomic E-state index is 10.9. The van der Waals surface area contributed by atoms with Crippen molar-refractivity contribution in [3.05, 3.63) is 72.8 Å². The van der Waals surface area contributed by atoms with Gasteiger partial charge in [0.1, 0.15) is 15.0 Å². The second-order valence-corrected chi connectivity index (χ2v) is 6.22. The quantitative estimate of drug-likeness (QED) is 0.512. The highest BCUT2D eigenvalue weighted by Crippen LogP contribution is 2.21. The molecule has 3 aromatic carbocycles. The Labute approximate surface area is 129 Å². The van der Waals surface area contributed by atoms with Gasteiger partial charge in [-0.2, -0.15) is 0 Å². The zero-order valence-electron chi connectivity index (χ0n) is 11.1. The summed E-state index contributed by atoms with van der Waals surface area (Å²) in [6.45, 7) is 0. The van der Waals surface area contributed by atoms with Crippen molar-refractivity contribution in [2.24, 2.45) is 0 Å². The molecule has 0 aromatic heterocycles. The van der Waals surface area contributed by atoms with Crippen molar-refractivity contribution >= 4 is 33.5 Å². The lowest BCUT2D eigenvalue weighted by molar-refractivity contribution is 0.464. The van der Waals surface area contributed by atoms with E-state index in [2.05, 4.69) is 12.6 Å². The Kier molecular flexibility index (Phi) is 5.01. The molecule has 0 fully saturated rings. The van der Waals surface area contributed by atoms with Crippen LogP contribution in [0.25, 0.3) is 10.8 Å². The van der Waals surface area contributed by atoms with Gasteiger partial charge < -0.3 is 4.55 Å². The fraction of sp³-hybridized carbons (Fsp3) is 0. The second-order valence-electron chi connectivity index (χ2n) is 4.30. The highest BCUT2D eigenvalue weighted by Gasteiger charge is 2.05. The molecule has 0 bridgehead atoms. The van der Waals surface area contributed by atoms with Crippen LogP contribution in [0.15, 0.2) is 82.6 Å². The first-order valence-electron chi connectivity index (χ1n) is 6.19. The van der Waals surface area contributed by atoms with Crippen molar-refractivity contribution in [1.29, 1.82) is 0 Å². The normalized spacial score (nSPS) is 10.8. The van der Waals surface area contributed by atoms with Gasteiger partial charge >= 0.3 is 0 Å². The van der Waals surface area contributed by atoms with Crippen molar-refractivity contribution < 1.29 is 13.0 Å². The van der Waals surface area contributed by atoms with Gasteiger partial charge in [0, 0.05) is 0 Å². The fourth-order valence-electron chi connectivity index (χ4n) is 1.85. The highest BCUT2D eigenvalue weighted by atomic mass is 32.2. The van der Waals surface area contributed by atoms with E-state index in [-0.39, 0.29) is 4.90 Å². The molecule has 0 unspecified atom stereocenters. The van der Waals surface area contributed by atoms with Gasteiger partial charge in [-0.1, -0.05) is 54.6 Å². The average molecular weight is 318 g/mol. The van der Waals surface area contributed by atoms with E-state index in [4.69, 9.17) is 0 Å². The van der Waals surface area contributed by atoms with E-state index in [1.54, 1.807) is 36.4 Å². The first kappa shape index (κ1) is 15.6. The van der Waals surface area contributed by atoms with Crippen LogP contribution in [0.4, 0.5) is 0 Å². The molecule has 0 heterocycles. The Hall–Kier alpha value is -1.82. The lowest BCUT2D eigenvalue weighted by Crippen LogP contribution is -1.98. The van der Waals surface area contributed by atoms with Gasteiger partial charge in [0.15, 0.2) is 0 Å². The Morgan fingerprint density at radius 3 is 1.90 bits per heavy atom. The van der Waals surface area contributed by atoms with Crippen LogP contribution in [0.1, 0.15) is 0 Å². The van der Waals surface area contributed by atoms with Gasteiger partial charge in [0.05, 0.1) is 4.90 Å². The summed E-state index contributed by atoms with van der Waals surface area (Å²) in [6, 6.07) is 21.5. The third-order valence-electron chi connectivity index (χ3n) is 2.79. The molecular formula is C16H14O3S2. The lowest BCUT2D eigenvalue weighted by Gasteiger charge is -2.09. The van der Waals surface area contributed by atoms with Gasteiger partial charge in [-0.05, 0) is 41.6 Å². The molecule has 3 nitrogen and oxygen atoms in total.